The molecule has 0 aliphatic heterocycles. The highest BCUT2D eigenvalue weighted by atomic mass is 16.5. The van der Waals surface area contributed by atoms with Crippen LogP contribution in [0.3, 0.4) is 0 Å². The number of benzene rings is 1. The van der Waals surface area contributed by atoms with Crippen molar-refractivity contribution in [1.29, 1.82) is 0 Å². The zero-order chi connectivity index (χ0) is 10.3. The van der Waals surface area contributed by atoms with Gasteiger partial charge in [-0.15, -0.1) is 0 Å². The lowest BCUT2D eigenvalue weighted by Gasteiger charge is -2.08. The molecule has 0 heterocycles. The second-order valence-corrected chi connectivity index (χ2v) is 4.67. The largest absolute Gasteiger partial charge is 0.493 e. The summed E-state index contributed by atoms with van der Waals surface area (Å²) in [6.07, 6.45) is 4.24. The van der Waals surface area contributed by atoms with Gasteiger partial charge >= 0.3 is 0 Å². The fourth-order valence-electron chi connectivity index (χ4n) is 2.16. The van der Waals surface area contributed by atoms with Gasteiger partial charge < -0.3 is 9.84 Å². The highest BCUT2D eigenvalue weighted by Gasteiger charge is 2.23. The summed E-state index contributed by atoms with van der Waals surface area (Å²) in [7, 11) is 0. The van der Waals surface area contributed by atoms with Gasteiger partial charge in [-0.25, -0.2) is 0 Å². The number of hydrogen-bond acceptors (Lipinski definition) is 2. The van der Waals surface area contributed by atoms with E-state index in [0.29, 0.717) is 0 Å². The van der Waals surface area contributed by atoms with E-state index in [1.54, 1.807) is 0 Å². The van der Waals surface area contributed by atoms with Crippen LogP contribution in [0.5, 0.6) is 5.75 Å². The van der Waals surface area contributed by atoms with E-state index in [0.717, 1.165) is 36.7 Å². The molecule has 2 heteroatoms. The van der Waals surface area contributed by atoms with Crippen molar-refractivity contribution in [2.75, 3.05) is 6.61 Å². The van der Waals surface area contributed by atoms with Crippen molar-refractivity contribution in [3.63, 3.8) is 0 Å². The average molecular weight is 204 g/mol. The molecule has 0 aromatic heterocycles. The van der Waals surface area contributed by atoms with Crippen LogP contribution >= 0.6 is 0 Å². The van der Waals surface area contributed by atoms with Crippen LogP contribution in [-0.4, -0.2) is 11.7 Å². The smallest absolute Gasteiger partial charge is 0.119 e. The summed E-state index contributed by atoms with van der Waals surface area (Å²) in [6.45, 7) is 0.862. The maximum absolute atomic E-state index is 9.66. The van der Waals surface area contributed by atoms with Gasteiger partial charge in [0.15, 0.2) is 0 Å². The van der Waals surface area contributed by atoms with Crippen molar-refractivity contribution < 1.29 is 9.84 Å². The number of rotatable bonds is 3. The second kappa shape index (κ2) is 3.53. The summed E-state index contributed by atoms with van der Waals surface area (Å²) in [5, 5.41) is 9.66. The topological polar surface area (TPSA) is 29.5 Å². The van der Waals surface area contributed by atoms with Gasteiger partial charge in [0, 0.05) is 0 Å². The van der Waals surface area contributed by atoms with E-state index in [-0.39, 0.29) is 6.10 Å². The van der Waals surface area contributed by atoms with E-state index < -0.39 is 0 Å². The molecular weight excluding hydrogens is 188 g/mol. The third-order valence-electron chi connectivity index (χ3n) is 3.34. The molecule has 2 nitrogen and oxygen atoms in total. The summed E-state index contributed by atoms with van der Waals surface area (Å²) in [5.74, 6) is 1.76. The second-order valence-electron chi connectivity index (χ2n) is 4.67. The summed E-state index contributed by atoms with van der Waals surface area (Å²) in [4.78, 5) is 0. The number of hydrogen-bond donors (Lipinski definition) is 1. The third kappa shape index (κ3) is 1.86. The molecule has 0 radical (unpaired) electrons. The maximum atomic E-state index is 9.66. The molecule has 80 valence electrons. The van der Waals surface area contributed by atoms with Crippen LogP contribution in [0.15, 0.2) is 18.2 Å². The number of aliphatic hydroxyl groups is 1. The number of ether oxygens (including phenoxy) is 1. The van der Waals surface area contributed by atoms with Crippen LogP contribution in [-0.2, 0) is 6.42 Å². The van der Waals surface area contributed by atoms with Crippen LogP contribution < -0.4 is 4.74 Å². The van der Waals surface area contributed by atoms with E-state index in [1.165, 1.54) is 18.4 Å². The van der Waals surface area contributed by atoms with Gasteiger partial charge in [0.1, 0.15) is 5.75 Å². The Morgan fingerprint density at radius 3 is 2.93 bits per heavy atom. The van der Waals surface area contributed by atoms with Crippen molar-refractivity contribution in [1.82, 2.24) is 0 Å². The average Bonchev–Trinajstić information content (AvgIpc) is 3.01. The predicted octanol–water partition coefficient (Wildman–Crippen LogP) is 2.46. The van der Waals surface area contributed by atoms with Gasteiger partial charge in [-0.2, -0.15) is 0 Å². The first-order chi connectivity index (χ1) is 7.33. The Bertz CT molecular complexity index is 369. The van der Waals surface area contributed by atoms with Gasteiger partial charge in [0.05, 0.1) is 12.7 Å². The molecule has 2 aliphatic carbocycles. The molecule has 3 rings (SSSR count). The fraction of sp³-hybridized carbons (Fsp3) is 0.538. The normalized spacial score (nSPS) is 23.9. The summed E-state index contributed by atoms with van der Waals surface area (Å²) in [6, 6.07) is 6.08. The Balaban J connectivity index is 1.73. The number of aliphatic hydroxyl groups excluding tert-OH is 1. The molecule has 0 unspecified atom stereocenters. The van der Waals surface area contributed by atoms with E-state index >= 15 is 0 Å². The number of aryl methyl sites for hydroxylation is 1. The molecule has 15 heavy (non-hydrogen) atoms. The Morgan fingerprint density at radius 2 is 2.13 bits per heavy atom. The minimum Gasteiger partial charge on any atom is -0.493 e. The zero-order valence-electron chi connectivity index (χ0n) is 8.78. The van der Waals surface area contributed by atoms with Crippen molar-refractivity contribution in [2.24, 2.45) is 5.92 Å². The predicted molar refractivity (Wildman–Crippen MR) is 57.9 cm³/mol. The van der Waals surface area contributed by atoms with Gasteiger partial charge in [0.2, 0.25) is 0 Å². The van der Waals surface area contributed by atoms with Gasteiger partial charge in [-0.3, -0.25) is 0 Å². The first-order valence-corrected chi connectivity index (χ1v) is 5.76. The SMILES string of the molecule is O[C@@H]1CCc2cc(OCC3CC3)ccc21. The van der Waals surface area contributed by atoms with E-state index in [2.05, 4.69) is 6.07 Å². The third-order valence-corrected chi connectivity index (χ3v) is 3.34. The highest BCUT2D eigenvalue weighted by molar-refractivity contribution is 5.39. The Morgan fingerprint density at radius 1 is 1.27 bits per heavy atom. The monoisotopic (exact) mass is 204 g/mol. The molecule has 1 aromatic carbocycles. The van der Waals surface area contributed by atoms with Crippen molar-refractivity contribution in [2.45, 2.75) is 31.8 Å². The molecule has 1 saturated carbocycles. The van der Waals surface area contributed by atoms with Crippen LogP contribution in [0.1, 0.15) is 36.5 Å². The molecule has 0 saturated heterocycles. The molecule has 0 amide bonds. The van der Waals surface area contributed by atoms with Crippen LogP contribution in [0, 0.1) is 5.92 Å². The van der Waals surface area contributed by atoms with E-state index in [1.807, 2.05) is 12.1 Å². The first kappa shape index (κ1) is 9.22. The maximum Gasteiger partial charge on any atom is 0.119 e. The Labute approximate surface area is 89.9 Å². The molecule has 2 aliphatic rings. The van der Waals surface area contributed by atoms with Crippen molar-refractivity contribution >= 4 is 0 Å². The lowest BCUT2D eigenvalue weighted by atomic mass is 10.1. The molecule has 1 atom stereocenters. The van der Waals surface area contributed by atoms with Crippen molar-refractivity contribution in [3.8, 4) is 5.75 Å². The summed E-state index contributed by atoms with van der Waals surface area (Å²) < 4.78 is 5.71. The quantitative estimate of drug-likeness (QED) is 0.819. The van der Waals surface area contributed by atoms with Crippen LogP contribution in [0.4, 0.5) is 0 Å². The lowest BCUT2D eigenvalue weighted by Crippen LogP contribution is -1.99. The Hall–Kier alpha value is -1.02. The lowest BCUT2D eigenvalue weighted by molar-refractivity contribution is 0.180. The molecule has 1 aromatic rings. The van der Waals surface area contributed by atoms with Crippen LogP contribution in [0.25, 0.3) is 0 Å². The standard InChI is InChI=1S/C13H16O2/c14-13-6-3-10-7-11(4-5-12(10)13)15-8-9-1-2-9/h4-5,7,9,13-14H,1-3,6,8H2/t13-/m1/s1. The van der Waals surface area contributed by atoms with E-state index in [4.69, 9.17) is 4.74 Å². The Kier molecular flexibility index (Phi) is 2.17. The highest BCUT2D eigenvalue weighted by Crippen LogP contribution is 2.34. The van der Waals surface area contributed by atoms with Gasteiger partial charge in [0.25, 0.3) is 0 Å². The minimum atomic E-state index is -0.252. The van der Waals surface area contributed by atoms with Gasteiger partial charge in [-0.1, -0.05) is 6.07 Å². The number of fused-ring (bicyclic) bond motifs is 1. The summed E-state index contributed by atoms with van der Waals surface area (Å²) >= 11 is 0. The van der Waals surface area contributed by atoms with Gasteiger partial charge in [-0.05, 0) is 54.9 Å². The molecule has 1 fully saturated rings. The minimum absolute atomic E-state index is 0.252. The first-order valence-electron chi connectivity index (χ1n) is 5.76. The fourth-order valence-corrected chi connectivity index (χ4v) is 2.16. The van der Waals surface area contributed by atoms with Crippen LogP contribution in [0.2, 0.25) is 0 Å². The van der Waals surface area contributed by atoms with Crippen molar-refractivity contribution in [3.05, 3.63) is 29.3 Å². The summed E-state index contributed by atoms with van der Waals surface area (Å²) in [5.41, 5.74) is 2.35. The molecular formula is C13H16O2. The molecule has 0 bridgehead atoms. The molecule has 0 spiro atoms. The molecule has 1 N–H and O–H groups in total. The zero-order valence-corrected chi connectivity index (χ0v) is 8.78. The van der Waals surface area contributed by atoms with E-state index in [9.17, 15) is 5.11 Å².